The maximum Gasteiger partial charge on any atom is 0.341 e. The monoisotopic (exact) mass is 415 g/mol. The maximum absolute atomic E-state index is 12.5. The quantitative estimate of drug-likeness (QED) is 0.486. The fraction of sp³-hybridized carbons (Fsp3) is 0.350. The van der Waals surface area contributed by atoms with E-state index in [2.05, 4.69) is 10.3 Å². The zero-order valence-corrected chi connectivity index (χ0v) is 17.4. The van der Waals surface area contributed by atoms with Gasteiger partial charge < -0.3 is 14.6 Å². The van der Waals surface area contributed by atoms with Crippen molar-refractivity contribution in [3.8, 4) is 0 Å². The number of fused-ring (bicyclic) bond motifs is 2. The molecule has 3 aromatic rings. The Labute approximate surface area is 171 Å². The number of hydrogen-bond donors (Lipinski definition) is 1. The highest BCUT2D eigenvalue weighted by atomic mass is 32.2. The van der Waals surface area contributed by atoms with Gasteiger partial charge in [-0.2, -0.15) is 0 Å². The normalized spacial score (nSPS) is 12.9. The summed E-state index contributed by atoms with van der Waals surface area (Å²) in [5.74, 6) is 0.141. The first-order valence-corrected chi connectivity index (χ1v) is 11.0. The minimum absolute atomic E-state index is 0.101. The summed E-state index contributed by atoms with van der Waals surface area (Å²) in [6.07, 6.45) is 3.22. The Morgan fingerprint density at radius 2 is 2.14 bits per heavy atom. The minimum Gasteiger partial charge on any atom is -0.465 e. The molecule has 0 aliphatic heterocycles. The molecule has 1 aliphatic rings. The third kappa shape index (κ3) is 3.54. The Hall–Kier alpha value is -2.32. The first kappa shape index (κ1) is 19.0. The fourth-order valence-electron chi connectivity index (χ4n) is 3.49. The van der Waals surface area contributed by atoms with Gasteiger partial charge in [0.1, 0.15) is 5.00 Å². The van der Waals surface area contributed by atoms with E-state index in [9.17, 15) is 9.59 Å². The van der Waals surface area contributed by atoms with Gasteiger partial charge in [0.25, 0.3) is 0 Å². The van der Waals surface area contributed by atoms with Crippen LogP contribution in [0.1, 0.15) is 33.6 Å². The Morgan fingerprint density at radius 1 is 1.32 bits per heavy atom. The van der Waals surface area contributed by atoms with Crippen molar-refractivity contribution in [3.05, 3.63) is 40.3 Å². The van der Waals surface area contributed by atoms with Crippen LogP contribution < -0.4 is 5.32 Å². The molecular formula is C20H21N3O3S2. The summed E-state index contributed by atoms with van der Waals surface area (Å²) in [6, 6.07) is 7.97. The molecule has 1 amide bonds. The molecule has 0 fully saturated rings. The number of nitrogens with one attached hydrogen (secondary N) is 1. The molecule has 0 saturated carbocycles. The van der Waals surface area contributed by atoms with Gasteiger partial charge in [0.05, 0.1) is 23.7 Å². The number of rotatable bonds is 6. The van der Waals surface area contributed by atoms with E-state index < -0.39 is 0 Å². The van der Waals surface area contributed by atoms with Crippen LogP contribution in [0.3, 0.4) is 0 Å². The highest BCUT2D eigenvalue weighted by Gasteiger charge is 2.27. The van der Waals surface area contributed by atoms with Crippen LogP contribution >= 0.6 is 23.1 Å². The summed E-state index contributed by atoms with van der Waals surface area (Å²) in [5, 5.41) is 4.43. The summed E-state index contributed by atoms with van der Waals surface area (Å²) in [4.78, 5) is 30.4. The Balaban J connectivity index is 1.40. The predicted molar refractivity (Wildman–Crippen MR) is 112 cm³/mol. The van der Waals surface area contributed by atoms with Gasteiger partial charge in [0, 0.05) is 24.1 Å². The van der Waals surface area contributed by atoms with Gasteiger partial charge in [0.2, 0.25) is 5.91 Å². The van der Waals surface area contributed by atoms with E-state index in [1.54, 1.807) is 11.8 Å². The van der Waals surface area contributed by atoms with Crippen molar-refractivity contribution in [2.45, 2.75) is 30.8 Å². The number of para-hydroxylation sites is 2. The number of methoxy groups -OCH3 is 1. The molecule has 0 saturated heterocycles. The number of esters is 1. The van der Waals surface area contributed by atoms with Crippen LogP contribution in [0.25, 0.3) is 11.0 Å². The van der Waals surface area contributed by atoms with Gasteiger partial charge in [-0.3, -0.25) is 4.79 Å². The lowest BCUT2D eigenvalue weighted by molar-refractivity contribution is -0.115. The number of aromatic nitrogens is 2. The number of ether oxygens (including phenoxy) is 1. The molecule has 1 aromatic carbocycles. The molecule has 1 N–H and O–H groups in total. The standard InChI is InChI=1S/C20H21N3O3S2/c1-23-14-8-4-3-7-13(14)21-20(23)27-11-10-16(24)22-18-17(19(25)26-2)12-6-5-9-15(12)28-18/h3-4,7-8H,5-6,9-11H2,1-2H3,(H,22,24). The molecular weight excluding hydrogens is 394 g/mol. The molecule has 28 heavy (non-hydrogen) atoms. The molecule has 2 aromatic heterocycles. The Bertz CT molecular complexity index is 1050. The number of benzene rings is 1. The number of carbonyl (C=O) groups is 2. The lowest BCUT2D eigenvalue weighted by Crippen LogP contribution is -2.15. The van der Waals surface area contributed by atoms with Crippen molar-refractivity contribution in [2.75, 3.05) is 18.2 Å². The van der Waals surface area contributed by atoms with Gasteiger partial charge in [-0.05, 0) is 37.0 Å². The average molecular weight is 416 g/mol. The summed E-state index contributed by atoms with van der Waals surface area (Å²) in [7, 11) is 3.36. The molecule has 8 heteroatoms. The van der Waals surface area contributed by atoms with Gasteiger partial charge in [-0.25, -0.2) is 9.78 Å². The largest absolute Gasteiger partial charge is 0.465 e. The molecule has 1 aliphatic carbocycles. The van der Waals surface area contributed by atoms with E-state index >= 15 is 0 Å². The molecule has 0 bridgehead atoms. The number of aryl methyl sites for hydroxylation is 2. The fourth-order valence-corrected chi connectivity index (χ4v) is 5.71. The van der Waals surface area contributed by atoms with Crippen LogP contribution in [-0.2, 0) is 29.4 Å². The molecule has 0 spiro atoms. The molecule has 0 radical (unpaired) electrons. The van der Waals surface area contributed by atoms with Gasteiger partial charge in [0.15, 0.2) is 5.16 Å². The first-order valence-electron chi connectivity index (χ1n) is 9.15. The van der Waals surface area contributed by atoms with Crippen molar-refractivity contribution in [1.29, 1.82) is 0 Å². The van der Waals surface area contributed by atoms with Crippen molar-refractivity contribution >= 4 is 51.0 Å². The van der Waals surface area contributed by atoms with E-state index in [1.165, 1.54) is 23.3 Å². The van der Waals surface area contributed by atoms with E-state index in [-0.39, 0.29) is 11.9 Å². The lowest BCUT2D eigenvalue weighted by atomic mass is 10.1. The van der Waals surface area contributed by atoms with Crippen molar-refractivity contribution in [2.24, 2.45) is 7.05 Å². The molecule has 0 atom stereocenters. The van der Waals surface area contributed by atoms with Crippen LogP contribution in [0.2, 0.25) is 0 Å². The molecule has 0 unspecified atom stereocenters. The number of nitrogens with zero attached hydrogens (tertiary/aromatic N) is 2. The number of hydrogen-bond acceptors (Lipinski definition) is 6. The third-order valence-electron chi connectivity index (χ3n) is 4.87. The SMILES string of the molecule is COC(=O)c1c(NC(=O)CCSc2nc3ccccc3n2C)sc2c1CCC2. The second-order valence-corrected chi connectivity index (χ2v) is 8.81. The number of thiophene rings is 1. The number of anilines is 1. The first-order chi connectivity index (χ1) is 13.6. The van der Waals surface area contributed by atoms with Crippen LogP contribution in [0.15, 0.2) is 29.4 Å². The van der Waals surface area contributed by atoms with Crippen LogP contribution in [0.5, 0.6) is 0 Å². The number of amides is 1. The third-order valence-corrected chi connectivity index (χ3v) is 7.11. The Kier molecular flexibility index (Phi) is 5.41. The second kappa shape index (κ2) is 7.97. The van der Waals surface area contributed by atoms with Crippen LogP contribution in [0.4, 0.5) is 5.00 Å². The maximum atomic E-state index is 12.5. The number of imidazole rings is 1. The van der Waals surface area contributed by atoms with E-state index in [0.29, 0.717) is 22.7 Å². The van der Waals surface area contributed by atoms with Crippen LogP contribution in [0, 0.1) is 0 Å². The molecule has 6 nitrogen and oxygen atoms in total. The van der Waals surface area contributed by atoms with Crippen molar-refractivity contribution in [3.63, 3.8) is 0 Å². The molecule has 146 valence electrons. The number of carbonyl (C=O) groups excluding carboxylic acids is 2. The minimum atomic E-state index is -0.372. The Morgan fingerprint density at radius 3 is 2.93 bits per heavy atom. The molecule has 4 rings (SSSR count). The number of thioether (sulfide) groups is 1. The van der Waals surface area contributed by atoms with Crippen molar-refractivity contribution < 1.29 is 14.3 Å². The lowest BCUT2D eigenvalue weighted by Gasteiger charge is -2.07. The summed E-state index contributed by atoms with van der Waals surface area (Å²) in [5.41, 5.74) is 3.61. The second-order valence-electron chi connectivity index (χ2n) is 6.64. The summed E-state index contributed by atoms with van der Waals surface area (Å²) >= 11 is 3.05. The summed E-state index contributed by atoms with van der Waals surface area (Å²) < 4.78 is 6.96. The zero-order chi connectivity index (χ0) is 19.7. The van der Waals surface area contributed by atoms with Crippen LogP contribution in [-0.4, -0.2) is 34.3 Å². The topological polar surface area (TPSA) is 73.2 Å². The zero-order valence-electron chi connectivity index (χ0n) is 15.8. The average Bonchev–Trinajstić information content (AvgIpc) is 3.35. The van der Waals surface area contributed by atoms with Crippen molar-refractivity contribution in [1.82, 2.24) is 9.55 Å². The van der Waals surface area contributed by atoms with E-state index in [1.807, 2.05) is 35.9 Å². The van der Waals surface area contributed by atoms with Gasteiger partial charge >= 0.3 is 5.97 Å². The van der Waals surface area contributed by atoms with Gasteiger partial charge in [-0.1, -0.05) is 23.9 Å². The van der Waals surface area contributed by atoms with E-state index in [0.717, 1.165) is 41.0 Å². The smallest absolute Gasteiger partial charge is 0.341 e. The highest BCUT2D eigenvalue weighted by Crippen LogP contribution is 2.39. The molecule has 2 heterocycles. The van der Waals surface area contributed by atoms with Gasteiger partial charge in [-0.15, -0.1) is 11.3 Å². The predicted octanol–water partition coefficient (Wildman–Crippen LogP) is 4.03. The highest BCUT2D eigenvalue weighted by molar-refractivity contribution is 7.99. The summed E-state index contributed by atoms with van der Waals surface area (Å²) in [6.45, 7) is 0. The van der Waals surface area contributed by atoms with E-state index in [4.69, 9.17) is 4.74 Å².